The quantitative estimate of drug-likeness (QED) is 0.516. The van der Waals surface area contributed by atoms with E-state index < -0.39 is 5.60 Å². The number of carbonyl (C=O) groups is 1. The molecule has 1 aliphatic heterocycles. The van der Waals surface area contributed by atoms with Gasteiger partial charge in [0, 0.05) is 25.2 Å². The van der Waals surface area contributed by atoms with E-state index in [0.29, 0.717) is 6.54 Å². The normalized spacial score (nSPS) is 16.9. The summed E-state index contributed by atoms with van der Waals surface area (Å²) in [5.41, 5.74) is 2.73. The molecule has 2 aromatic carbocycles. The average Bonchev–Trinajstić information content (AvgIpc) is 3.12. The summed E-state index contributed by atoms with van der Waals surface area (Å²) in [5, 5.41) is 0.730. The molecule has 3 aromatic rings. The molecule has 7 heteroatoms. The van der Waals surface area contributed by atoms with E-state index >= 15 is 0 Å². The number of likely N-dealkylation sites (N-methyl/N-ethyl adjacent to an activating group) is 1. The molecule has 0 N–H and O–H groups in total. The van der Waals surface area contributed by atoms with Gasteiger partial charge in [0.05, 0.1) is 23.6 Å². The van der Waals surface area contributed by atoms with Crippen LogP contribution in [0.2, 0.25) is 5.02 Å². The van der Waals surface area contributed by atoms with Crippen molar-refractivity contribution in [1.82, 2.24) is 14.5 Å². The van der Waals surface area contributed by atoms with Crippen LogP contribution in [0.1, 0.15) is 39.2 Å². The van der Waals surface area contributed by atoms with Gasteiger partial charge in [0.15, 0.2) is 0 Å². The van der Waals surface area contributed by atoms with E-state index in [9.17, 15) is 4.79 Å². The number of amides is 1. The molecule has 1 fully saturated rings. The Kier molecular flexibility index (Phi) is 6.33. The molecule has 1 saturated heterocycles. The number of hydrogen-bond acceptors (Lipinski definition) is 4. The number of fused-ring (bicyclic) bond motifs is 1. The maximum absolute atomic E-state index is 12.6. The van der Waals surface area contributed by atoms with Crippen molar-refractivity contribution >= 4 is 34.7 Å². The SMILES string of the molecule is CN(C(=O)OC(C)(C)C)[C@@H]1CCCN(c2nc3ccccc3n2Cc2ccc(Cl)cc2)C1. The number of benzene rings is 2. The van der Waals surface area contributed by atoms with Gasteiger partial charge in [0.2, 0.25) is 5.95 Å². The number of para-hydroxylation sites is 2. The van der Waals surface area contributed by atoms with Crippen LogP contribution in [0.4, 0.5) is 10.7 Å². The van der Waals surface area contributed by atoms with Crippen LogP contribution in [-0.2, 0) is 11.3 Å². The Morgan fingerprint density at radius 2 is 1.91 bits per heavy atom. The Labute approximate surface area is 194 Å². The number of piperidine rings is 1. The summed E-state index contributed by atoms with van der Waals surface area (Å²) in [4.78, 5) is 21.6. The Morgan fingerprint density at radius 3 is 2.62 bits per heavy atom. The summed E-state index contributed by atoms with van der Waals surface area (Å²) in [6.07, 6.45) is 1.66. The molecule has 4 rings (SSSR count). The number of aromatic nitrogens is 2. The van der Waals surface area contributed by atoms with E-state index in [0.717, 1.165) is 47.9 Å². The minimum atomic E-state index is -0.508. The molecule has 1 amide bonds. The zero-order valence-electron chi connectivity index (χ0n) is 19.2. The van der Waals surface area contributed by atoms with Crippen molar-refractivity contribution in [1.29, 1.82) is 0 Å². The molecule has 32 heavy (non-hydrogen) atoms. The fourth-order valence-electron chi connectivity index (χ4n) is 4.17. The first-order valence-corrected chi connectivity index (χ1v) is 11.5. The van der Waals surface area contributed by atoms with E-state index in [1.165, 1.54) is 5.56 Å². The van der Waals surface area contributed by atoms with E-state index in [4.69, 9.17) is 21.3 Å². The first-order valence-electron chi connectivity index (χ1n) is 11.1. The van der Waals surface area contributed by atoms with Crippen molar-refractivity contribution in [2.75, 3.05) is 25.0 Å². The molecule has 0 spiro atoms. The van der Waals surface area contributed by atoms with Gasteiger partial charge in [0.1, 0.15) is 5.60 Å². The van der Waals surface area contributed by atoms with Crippen molar-refractivity contribution in [3.63, 3.8) is 0 Å². The van der Waals surface area contributed by atoms with Crippen LogP contribution in [0.5, 0.6) is 0 Å². The van der Waals surface area contributed by atoms with Crippen LogP contribution >= 0.6 is 11.6 Å². The van der Waals surface area contributed by atoms with Crippen molar-refractivity contribution in [2.45, 2.75) is 51.8 Å². The summed E-state index contributed by atoms with van der Waals surface area (Å²) in [6, 6.07) is 16.2. The second kappa shape index (κ2) is 9.02. The molecule has 0 aliphatic carbocycles. The van der Waals surface area contributed by atoms with Gasteiger partial charge >= 0.3 is 6.09 Å². The predicted molar refractivity (Wildman–Crippen MR) is 130 cm³/mol. The lowest BCUT2D eigenvalue weighted by molar-refractivity contribution is 0.0209. The third-order valence-electron chi connectivity index (χ3n) is 5.80. The first-order chi connectivity index (χ1) is 15.2. The van der Waals surface area contributed by atoms with Crippen molar-refractivity contribution in [2.24, 2.45) is 0 Å². The number of ether oxygens (including phenoxy) is 1. The van der Waals surface area contributed by atoms with Gasteiger partial charge < -0.3 is 19.1 Å². The number of nitrogens with zero attached hydrogens (tertiary/aromatic N) is 4. The number of carbonyl (C=O) groups excluding carboxylic acids is 1. The third kappa shape index (κ3) is 5.01. The molecule has 2 heterocycles. The van der Waals surface area contributed by atoms with Crippen LogP contribution in [0.3, 0.4) is 0 Å². The fraction of sp³-hybridized carbons (Fsp3) is 0.440. The second-order valence-electron chi connectivity index (χ2n) is 9.45. The standard InChI is InChI=1S/C25H31ClN4O2/c1-25(2,3)32-24(31)28(4)20-8-7-15-29(17-20)23-27-21-9-5-6-10-22(21)30(23)16-18-11-13-19(26)14-12-18/h5-6,9-14,20H,7-8,15-17H2,1-4H3/t20-/m1/s1. The maximum atomic E-state index is 12.6. The molecule has 0 radical (unpaired) electrons. The smallest absolute Gasteiger partial charge is 0.410 e. The van der Waals surface area contributed by atoms with Crippen LogP contribution in [-0.4, -0.2) is 52.3 Å². The molecule has 0 saturated carbocycles. The average molecular weight is 455 g/mol. The lowest BCUT2D eigenvalue weighted by atomic mass is 10.1. The van der Waals surface area contributed by atoms with E-state index in [1.54, 1.807) is 4.90 Å². The van der Waals surface area contributed by atoms with Crippen LogP contribution < -0.4 is 4.90 Å². The van der Waals surface area contributed by atoms with Gasteiger partial charge in [-0.05, 0) is 63.4 Å². The number of halogens is 1. The van der Waals surface area contributed by atoms with E-state index in [-0.39, 0.29) is 12.1 Å². The molecule has 1 aliphatic rings. The highest BCUT2D eigenvalue weighted by Gasteiger charge is 2.31. The Morgan fingerprint density at radius 1 is 1.19 bits per heavy atom. The largest absolute Gasteiger partial charge is 0.444 e. The van der Waals surface area contributed by atoms with Crippen LogP contribution in [0, 0.1) is 0 Å². The van der Waals surface area contributed by atoms with Gasteiger partial charge in [-0.15, -0.1) is 0 Å². The highest BCUT2D eigenvalue weighted by atomic mass is 35.5. The lowest BCUT2D eigenvalue weighted by Crippen LogP contribution is -2.50. The van der Waals surface area contributed by atoms with Gasteiger partial charge in [0.25, 0.3) is 0 Å². The van der Waals surface area contributed by atoms with Crippen molar-refractivity contribution < 1.29 is 9.53 Å². The summed E-state index contributed by atoms with van der Waals surface area (Å²) in [5.74, 6) is 0.934. The maximum Gasteiger partial charge on any atom is 0.410 e. The van der Waals surface area contributed by atoms with Crippen molar-refractivity contribution in [3.05, 3.63) is 59.1 Å². The van der Waals surface area contributed by atoms with E-state index in [2.05, 4.69) is 27.7 Å². The molecule has 6 nitrogen and oxygen atoms in total. The minimum Gasteiger partial charge on any atom is -0.444 e. The minimum absolute atomic E-state index is 0.0717. The van der Waals surface area contributed by atoms with Gasteiger partial charge in [-0.2, -0.15) is 0 Å². The highest BCUT2D eigenvalue weighted by molar-refractivity contribution is 6.30. The predicted octanol–water partition coefficient (Wildman–Crippen LogP) is 5.57. The number of rotatable bonds is 4. The zero-order valence-corrected chi connectivity index (χ0v) is 20.0. The zero-order chi connectivity index (χ0) is 22.9. The summed E-state index contributed by atoms with van der Waals surface area (Å²) in [7, 11) is 1.83. The second-order valence-corrected chi connectivity index (χ2v) is 9.88. The molecule has 1 atom stereocenters. The molecule has 0 bridgehead atoms. The number of anilines is 1. The number of imidazole rings is 1. The Bertz CT molecular complexity index is 1090. The molecule has 170 valence electrons. The molecular weight excluding hydrogens is 424 g/mol. The van der Waals surface area contributed by atoms with Gasteiger partial charge in [-0.3, -0.25) is 0 Å². The monoisotopic (exact) mass is 454 g/mol. The summed E-state index contributed by atoms with van der Waals surface area (Å²) >= 11 is 6.08. The first kappa shape index (κ1) is 22.5. The topological polar surface area (TPSA) is 50.6 Å². The van der Waals surface area contributed by atoms with Gasteiger partial charge in [-0.25, -0.2) is 9.78 Å². The Hall–Kier alpha value is -2.73. The molecular formula is C25H31ClN4O2. The summed E-state index contributed by atoms with van der Waals surface area (Å²) in [6.45, 7) is 8.01. The number of hydrogen-bond donors (Lipinski definition) is 0. The Balaban J connectivity index is 1.61. The molecule has 1 aromatic heterocycles. The third-order valence-corrected chi connectivity index (χ3v) is 6.05. The van der Waals surface area contributed by atoms with Gasteiger partial charge in [-0.1, -0.05) is 35.9 Å². The molecule has 0 unspecified atom stereocenters. The van der Waals surface area contributed by atoms with Crippen LogP contribution in [0.25, 0.3) is 11.0 Å². The summed E-state index contributed by atoms with van der Waals surface area (Å²) < 4.78 is 7.85. The van der Waals surface area contributed by atoms with E-state index in [1.807, 2.05) is 58.2 Å². The van der Waals surface area contributed by atoms with Crippen molar-refractivity contribution in [3.8, 4) is 0 Å². The highest BCUT2D eigenvalue weighted by Crippen LogP contribution is 2.28. The lowest BCUT2D eigenvalue weighted by Gasteiger charge is -2.38. The van der Waals surface area contributed by atoms with Crippen LogP contribution in [0.15, 0.2) is 48.5 Å². The fourth-order valence-corrected chi connectivity index (χ4v) is 4.29.